The van der Waals surface area contributed by atoms with Crippen LogP contribution in [0.2, 0.25) is 0 Å². The molecule has 0 bridgehead atoms. The minimum Gasteiger partial charge on any atom is -0.408 e. The number of fused-ring (bicyclic) bond motifs is 1. The van der Waals surface area contributed by atoms with Crippen LogP contribution in [0.3, 0.4) is 0 Å². The SMILES string of the molecule is O=c1[nH]c2ccc(C(O)CCOCC(F)(F)F)cc2o1. The highest BCUT2D eigenvalue weighted by Crippen LogP contribution is 2.21. The van der Waals surface area contributed by atoms with Crippen LogP contribution in [0.25, 0.3) is 11.1 Å². The van der Waals surface area contributed by atoms with Crippen molar-refractivity contribution in [3.8, 4) is 0 Å². The van der Waals surface area contributed by atoms with E-state index in [1.54, 1.807) is 12.1 Å². The number of benzene rings is 1. The lowest BCUT2D eigenvalue weighted by atomic mass is 10.1. The van der Waals surface area contributed by atoms with Gasteiger partial charge in [0.1, 0.15) is 6.61 Å². The molecule has 0 radical (unpaired) electrons. The molecular formula is C12H12F3NO4. The number of hydrogen-bond acceptors (Lipinski definition) is 4. The minimum absolute atomic E-state index is 0.0102. The lowest BCUT2D eigenvalue weighted by molar-refractivity contribution is -0.175. The molecule has 1 aromatic heterocycles. The lowest BCUT2D eigenvalue weighted by Gasteiger charge is -2.12. The highest BCUT2D eigenvalue weighted by atomic mass is 19.4. The zero-order chi connectivity index (χ0) is 14.8. The average molecular weight is 291 g/mol. The molecule has 2 rings (SSSR count). The highest BCUT2D eigenvalue weighted by Gasteiger charge is 2.27. The van der Waals surface area contributed by atoms with Gasteiger partial charge in [0.2, 0.25) is 0 Å². The molecule has 20 heavy (non-hydrogen) atoms. The first kappa shape index (κ1) is 14.6. The van der Waals surface area contributed by atoms with Crippen molar-refractivity contribution in [1.82, 2.24) is 4.98 Å². The molecule has 0 aliphatic rings. The van der Waals surface area contributed by atoms with Gasteiger partial charge >= 0.3 is 11.9 Å². The molecule has 0 aliphatic carbocycles. The minimum atomic E-state index is -4.38. The molecule has 1 heterocycles. The van der Waals surface area contributed by atoms with Crippen molar-refractivity contribution >= 4 is 11.1 Å². The van der Waals surface area contributed by atoms with Crippen LogP contribution in [-0.2, 0) is 4.74 Å². The van der Waals surface area contributed by atoms with E-state index in [1.165, 1.54) is 6.07 Å². The molecule has 0 spiro atoms. The van der Waals surface area contributed by atoms with Gasteiger partial charge in [0, 0.05) is 13.0 Å². The largest absolute Gasteiger partial charge is 0.417 e. The molecule has 1 unspecified atom stereocenters. The van der Waals surface area contributed by atoms with E-state index in [9.17, 15) is 23.1 Å². The maximum Gasteiger partial charge on any atom is 0.417 e. The van der Waals surface area contributed by atoms with E-state index >= 15 is 0 Å². The maximum atomic E-state index is 11.8. The van der Waals surface area contributed by atoms with Gasteiger partial charge in [0.15, 0.2) is 5.58 Å². The summed E-state index contributed by atoms with van der Waals surface area (Å²) in [5.74, 6) is -0.611. The number of hydrogen-bond donors (Lipinski definition) is 2. The Hall–Kier alpha value is -1.80. The summed E-state index contributed by atoms with van der Waals surface area (Å²) in [5.41, 5.74) is 1.21. The summed E-state index contributed by atoms with van der Waals surface area (Å²) in [7, 11) is 0. The molecule has 0 saturated carbocycles. The van der Waals surface area contributed by atoms with Crippen molar-refractivity contribution in [2.45, 2.75) is 18.7 Å². The Morgan fingerprint density at radius 3 is 2.85 bits per heavy atom. The predicted molar refractivity (Wildman–Crippen MR) is 63.3 cm³/mol. The van der Waals surface area contributed by atoms with Crippen LogP contribution >= 0.6 is 0 Å². The molecule has 110 valence electrons. The topological polar surface area (TPSA) is 75.5 Å². The van der Waals surface area contributed by atoms with Gasteiger partial charge in [0.25, 0.3) is 0 Å². The summed E-state index contributed by atoms with van der Waals surface area (Å²) >= 11 is 0. The van der Waals surface area contributed by atoms with Crippen molar-refractivity contribution < 1.29 is 27.4 Å². The van der Waals surface area contributed by atoms with E-state index in [1.807, 2.05) is 0 Å². The second-order valence-electron chi connectivity index (χ2n) is 4.24. The van der Waals surface area contributed by atoms with Crippen LogP contribution in [0.4, 0.5) is 13.2 Å². The fraction of sp³-hybridized carbons (Fsp3) is 0.417. The van der Waals surface area contributed by atoms with E-state index < -0.39 is 24.6 Å². The van der Waals surface area contributed by atoms with Crippen LogP contribution in [0.1, 0.15) is 18.1 Å². The molecule has 1 aromatic carbocycles. The fourth-order valence-corrected chi connectivity index (χ4v) is 1.72. The number of H-pyrrole nitrogens is 1. The van der Waals surface area contributed by atoms with Gasteiger partial charge < -0.3 is 14.3 Å². The first-order chi connectivity index (χ1) is 9.35. The number of nitrogens with one attached hydrogen (secondary N) is 1. The number of aliphatic hydroxyl groups is 1. The average Bonchev–Trinajstić information content (AvgIpc) is 2.72. The Morgan fingerprint density at radius 2 is 2.15 bits per heavy atom. The number of aliphatic hydroxyl groups excluding tert-OH is 1. The normalized spacial score (nSPS) is 13.8. The van der Waals surface area contributed by atoms with Gasteiger partial charge in [0.05, 0.1) is 11.6 Å². The number of halogens is 3. The maximum absolute atomic E-state index is 11.8. The third-order valence-corrected chi connectivity index (χ3v) is 2.63. The number of aromatic nitrogens is 1. The van der Waals surface area contributed by atoms with Gasteiger partial charge in [-0.15, -0.1) is 0 Å². The van der Waals surface area contributed by atoms with E-state index in [4.69, 9.17) is 4.42 Å². The third-order valence-electron chi connectivity index (χ3n) is 2.63. The van der Waals surface area contributed by atoms with Crippen LogP contribution in [0, 0.1) is 0 Å². The summed E-state index contributed by atoms with van der Waals surface area (Å²) < 4.78 is 44.8. The molecule has 0 amide bonds. The first-order valence-corrected chi connectivity index (χ1v) is 5.80. The first-order valence-electron chi connectivity index (χ1n) is 5.80. The fourth-order valence-electron chi connectivity index (χ4n) is 1.72. The Bertz CT molecular complexity index is 631. The number of oxazole rings is 1. The quantitative estimate of drug-likeness (QED) is 0.827. The van der Waals surface area contributed by atoms with Gasteiger partial charge in [-0.1, -0.05) is 6.07 Å². The molecule has 2 aromatic rings. The summed E-state index contributed by atoms with van der Waals surface area (Å²) in [4.78, 5) is 13.4. The van der Waals surface area contributed by atoms with E-state index in [-0.39, 0.29) is 18.6 Å². The lowest BCUT2D eigenvalue weighted by Crippen LogP contribution is -2.18. The van der Waals surface area contributed by atoms with Crippen molar-refractivity contribution in [2.24, 2.45) is 0 Å². The molecule has 1 atom stereocenters. The monoisotopic (exact) mass is 291 g/mol. The molecule has 0 aliphatic heterocycles. The van der Waals surface area contributed by atoms with Gasteiger partial charge in [-0.25, -0.2) is 4.79 Å². The zero-order valence-corrected chi connectivity index (χ0v) is 10.2. The molecule has 0 fully saturated rings. The number of alkyl halides is 3. The molecule has 2 N–H and O–H groups in total. The zero-order valence-electron chi connectivity index (χ0n) is 10.2. The van der Waals surface area contributed by atoms with Crippen LogP contribution in [0.15, 0.2) is 27.4 Å². The van der Waals surface area contributed by atoms with Crippen molar-refractivity contribution in [3.05, 3.63) is 34.3 Å². The van der Waals surface area contributed by atoms with Crippen LogP contribution < -0.4 is 5.76 Å². The van der Waals surface area contributed by atoms with Crippen molar-refractivity contribution in [3.63, 3.8) is 0 Å². The second-order valence-corrected chi connectivity index (χ2v) is 4.24. The van der Waals surface area contributed by atoms with Crippen molar-refractivity contribution in [1.29, 1.82) is 0 Å². The predicted octanol–water partition coefficient (Wildman–Crippen LogP) is 2.12. The molecule has 5 nitrogen and oxygen atoms in total. The number of rotatable bonds is 5. The molecule has 0 saturated heterocycles. The van der Waals surface area contributed by atoms with Crippen LogP contribution in [0.5, 0.6) is 0 Å². The Labute approximate surface area is 111 Å². The van der Waals surface area contributed by atoms with Crippen molar-refractivity contribution in [2.75, 3.05) is 13.2 Å². The Morgan fingerprint density at radius 1 is 1.40 bits per heavy atom. The number of aromatic amines is 1. The standard InChI is InChI=1S/C12H12F3NO4/c13-12(14,15)6-19-4-3-9(17)7-1-2-8-10(5-7)20-11(18)16-8/h1-2,5,9,17H,3-4,6H2,(H,16,18). The summed E-state index contributed by atoms with van der Waals surface area (Å²) in [6, 6.07) is 4.57. The number of ether oxygens (including phenoxy) is 1. The van der Waals surface area contributed by atoms with Gasteiger partial charge in [-0.2, -0.15) is 13.2 Å². The van der Waals surface area contributed by atoms with Crippen LogP contribution in [-0.4, -0.2) is 29.5 Å². The Kier molecular flexibility index (Phi) is 4.15. The highest BCUT2D eigenvalue weighted by molar-refractivity contribution is 5.72. The summed E-state index contributed by atoms with van der Waals surface area (Å²) in [6.07, 6.45) is -5.36. The summed E-state index contributed by atoms with van der Waals surface area (Å²) in [6.45, 7) is -1.57. The molecular weight excluding hydrogens is 279 g/mol. The smallest absolute Gasteiger partial charge is 0.408 e. The molecule has 8 heteroatoms. The second kappa shape index (κ2) is 5.68. The summed E-state index contributed by atoms with van der Waals surface area (Å²) in [5, 5.41) is 9.82. The van der Waals surface area contributed by atoms with Gasteiger partial charge in [-0.05, 0) is 17.7 Å². The van der Waals surface area contributed by atoms with E-state index in [0.29, 0.717) is 11.1 Å². The van der Waals surface area contributed by atoms with E-state index in [0.717, 1.165) is 0 Å². The van der Waals surface area contributed by atoms with E-state index in [2.05, 4.69) is 9.72 Å². The third kappa shape index (κ3) is 3.84. The Balaban J connectivity index is 1.93. The van der Waals surface area contributed by atoms with Gasteiger partial charge in [-0.3, -0.25) is 4.98 Å².